The van der Waals surface area contributed by atoms with Crippen molar-refractivity contribution in [2.75, 3.05) is 0 Å². The molecule has 0 aromatic rings. The summed E-state index contributed by atoms with van der Waals surface area (Å²) in [5.41, 5.74) is -1.23. The van der Waals surface area contributed by atoms with Crippen molar-refractivity contribution in [3.63, 3.8) is 0 Å². The summed E-state index contributed by atoms with van der Waals surface area (Å²) in [6, 6.07) is 0. The van der Waals surface area contributed by atoms with E-state index in [0.29, 0.717) is 0 Å². The summed E-state index contributed by atoms with van der Waals surface area (Å²) < 4.78 is 10.9. The molecule has 2 aliphatic rings. The molecule has 1 saturated heterocycles. The summed E-state index contributed by atoms with van der Waals surface area (Å²) >= 11 is 0. The van der Waals surface area contributed by atoms with Gasteiger partial charge in [-0.3, -0.25) is 9.59 Å². The van der Waals surface area contributed by atoms with Gasteiger partial charge in [0.2, 0.25) is 0 Å². The molecule has 3 atom stereocenters. The van der Waals surface area contributed by atoms with Crippen LogP contribution >= 0.6 is 0 Å². The summed E-state index contributed by atoms with van der Waals surface area (Å²) in [5.74, 6) is -0.339. The highest BCUT2D eigenvalue weighted by molar-refractivity contribution is 5.79. The molecule has 4 nitrogen and oxygen atoms in total. The maximum Gasteiger partial charge on any atom is 0.310 e. The molecular weight excluding hydrogens is 256 g/mol. The molecule has 0 aromatic carbocycles. The molecule has 2 rings (SSSR count). The number of cyclic esters (lactones) is 1. The molecule has 20 heavy (non-hydrogen) atoms. The normalized spacial score (nSPS) is 35.6. The van der Waals surface area contributed by atoms with Gasteiger partial charge in [0.25, 0.3) is 0 Å². The van der Waals surface area contributed by atoms with Crippen molar-refractivity contribution in [2.24, 2.45) is 17.3 Å². The highest BCUT2D eigenvalue weighted by atomic mass is 16.6. The van der Waals surface area contributed by atoms with E-state index >= 15 is 0 Å². The van der Waals surface area contributed by atoms with Gasteiger partial charge in [-0.1, -0.05) is 6.92 Å². The minimum atomic E-state index is -0.485. The Kier molecular flexibility index (Phi) is 3.43. The predicted molar refractivity (Wildman–Crippen MR) is 75.0 cm³/mol. The summed E-state index contributed by atoms with van der Waals surface area (Å²) in [7, 11) is 0. The number of hydrogen-bond donors (Lipinski definition) is 0. The van der Waals surface area contributed by atoms with Crippen molar-refractivity contribution in [3.05, 3.63) is 0 Å². The molecule has 1 saturated carbocycles. The van der Waals surface area contributed by atoms with E-state index in [2.05, 4.69) is 0 Å². The van der Waals surface area contributed by atoms with Crippen LogP contribution in [0.25, 0.3) is 0 Å². The molecule has 1 heterocycles. The van der Waals surface area contributed by atoms with E-state index in [4.69, 9.17) is 9.47 Å². The van der Waals surface area contributed by atoms with E-state index in [-0.39, 0.29) is 35.6 Å². The van der Waals surface area contributed by atoms with Crippen LogP contribution in [0.5, 0.6) is 0 Å². The molecule has 2 fully saturated rings. The maximum atomic E-state index is 12.2. The number of rotatable bonds is 2. The van der Waals surface area contributed by atoms with Crippen molar-refractivity contribution >= 4 is 11.9 Å². The van der Waals surface area contributed by atoms with E-state index < -0.39 is 11.2 Å². The van der Waals surface area contributed by atoms with Crippen LogP contribution in [0.4, 0.5) is 0 Å². The fourth-order valence-corrected chi connectivity index (χ4v) is 3.79. The third kappa shape index (κ3) is 2.70. The first-order valence-corrected chi connectivity index (χ1v) is 7.39. The number of fused-ring (bicyclic) bond motifs is 1. The molecule has 0 aromatic heterocycles. The van der Waals surface area contributed by atoms with Crippen molar-refractivity contribution in [3.8, 4) is 0 Å². The summed E-state index contributed by atoms with van der Waals surface area (Å²) in [5, 5.41) is 0. The highest BCUT2D eigenvalue weighted by Crippen LogP contribution is 2.57. The molecule has 0 amide bonds. The predicted octanol–water partition coefficient (Wildman–Crippen LogP) is 3.09. The number of carbonyl (C=O) groups is 2. The Labute approximate surface area is 121 Å². The van der Waals surface area contributed by atoms with Gasteiger partial charge in [-0.25, -0.2) is 0 Å². The van der Waals surface area contributed by atoms with Crippen molar-refractivity contribution in [2.45, 2.75) is 72.0 Å². The van der Waals surface area contributed by atoms with Gasteiger partial charge in [-0.2, -0.15) is 0 Å². The lowest BCUT2D eigenvalue weighted by atomic mass is 9.73. The first kappa shape index (κ1) is 15.3. The second kappa shape index (κ2) is 4.47. The first-order valence-electron chi connectivity index (χ1n) is 7.39. The number of ether oxygens (including phenoxy) is 2. The Bertz CT molecular complexity index is 432. The van der Waals surface area contributed by atoms with E-state index in [0.717, 1.165) is 12.8 Å². The summed E-state index contributed by atoms with van der Waals surface area (Å²) in [6.45, 7) is 11.5. The smallest absolute Gasteiger partial charge is 0.310 e. The highest BCUT2D eigenvalue weighted by Gasteiger charge is 2.61. The van der Waals surface area contributed by atoms with Gasteiger partial charge in [-0.15, -0.1) is 0 Å². The van der Waals surface area contributed by atoms with Crippen molar-refractivity contribution in [1.82, 2.24) is 0 Å². The van der Waals surface area contributed by atoms with E-state index in [9.17, 15) is 9.59 Å². The molecule has 0 bridgehead atoms. The average molecular weight is 282 g/mol. The second-order valence-corrected chi connectivity index (χ2v) is 8.06. The van der Waals surface area contributed by atoms with Gasteiger partial charge < -0.3 is 9.47 Å². The zero-order chi connectivity index (χ0) is 15.3. The fourth-order valence-electron chi connectivity index (χ4n) is 3.79. The van der Waals surface area contributed by atoms with Crippen LogP contribution in [0.2, 0.25) is 0 Å². The lowest BCUT2D eigenvalue weighted by Gasteiger charge is -2.29. The monoisotopic (exact) mass is 282 g/mol. The van der Waals surface area contributed by atoms with Gasteiger partial charge in [0.05, 0.1) is 12.3 Å². The maximum absolute atomic E-state index is 12.2. The second-order valence-electron chi connectivity index (χ2n) is 8.06. The van der Waals surface area contributed by atoms with Crippen LogP contribution in [0.3, 0.4) is 0 Å². The van der Waals surface area contributed by atoms with Crippen LogP contribution in [0.15, 0.2) is 0 Å². The molecule has 3 unspecified atom stereocenters. The van der Waals surface area contributed by atoms with Crippen LogP contribution in [-0.4, -0.2) is 23.1 Å². The van der Waals surface area contributed by atoms with E-state index in [1.54, 1.807) is 0 Å². The number of carbonyl (C=O) groups excluding carboxylic acids is 2. The van der Waals surface area contributed by atoms with Crippen molar-refractivity contribution < 1.29 is 19.1 Å². The Hall–Kier alpha value is -1.06. The molecular formula is C16H26O4. The molecule has 1 aliphatic heterocycles. The fraction of sp³-hybridized carbons (Fsp3) is 0.875. The third-order valence-corrected chi connectivity index (χ3v) is 4.66. The standard InChI is InChI=1S/C16H26O4/c1-14(2,3)19-11(17)9-16(6)8-7-10-12(16)13(18)20-15(10,4)5/h10,12H,7-9H2,1-6H3. The summed E-state index contributed by atoms with van der Waals surface area (Å²) in [6.07, 6.45) is 2.10. The third-order valence-electron chi connectivity index (χ3n) is 4.66. The minimum absolute atomic E-state index is 0.149. The molecule has 0 spiro atoms. The first-order chi connectivity index (χ1) is 8.95. The zero-order valence-electron chi connectivity index (χ0n) is 13.4. The number of hydrogen-bond acceptors (Lipinski definition) is 4. The van der Waals surface area contributed by atoms with Gasteiger partial charge in [0.15, 0.2) is 0 Å². The van der Waals surface area contributed by atoms with Gasteiger partial charge >= 0.3 is 11.9 Å². The molecule has 114 valence electrons. The molecule has 4 heteroatoms. The van der Waals surface area contributed by atoms with Gasteiger partial charge in [0.1, 0.15) is 11.2 Å². The Morgan fingerprint density at radius 1 is 1.35 bits per heavy atom. The van der Waals surface area contributed by atoms with Crippen LogP contribution in [-0.2, 0) is 19.1 Å². The SMILES string of the molecule is CC(C)(C)OC(=O)CC1(C)CCC2C1C(=O)OC2(C)C. The lowest BCUT2D eigenvalue weighted by molar-refractivity contribution is -0.159. The van der Waals surface area contributed by atoms with E-state index in [1.807, 2.05) is 41.5 Å². The zero-order valence-corrected chi connectivity index (χ0v) is 13.4. The Morgan fingerprint density at radius 2 is 1.95 bits per heavy atom. The topological polar surface area (TPSA) is 52.6 Å². The lowest BCUT2D eigenvalue weighted by Crippen LogP contribution is -2.34. The largest absolute Gasteiger partial charge is 0.460 e. The minimum Gasteiger partial charge on any atom is -0.460 e. The van der Waals surface area contributed by atoms with E-state index in [1.165, 1.54) is 0 Å². The quantitative estimate of drug-likeness (QED) is 0.730. The molecule has 1 aliphatic carbocycles. The van der Waals surface area contributed by atoms with Gasteiger partial charge in [-0.05, 0) is 52.9 Å². The Balaban J connectivity index is 2.13. The molecule has 0 radical (unpaired) electrons. The van der Waals surface area contributed by atoms with Crippen LogP contribution < -0.4 is 0 Å². The molecule has 0 N–H and O–H groups in total. The van der Waals surface area contributed by atoms with Crippen LogP contribution in [0, 0.1) is 17.3 Å². The average Bonchev–Trinajstić information content (AvgIpc) is 2.62. The number of esters is 2. The Morgan fingerprint density at radius 3 is 2.50 bits per heavy atom. The van der Waals surface area contributed by atoms with Crippen molar-refractivity contribution in [1.29, 1.82) is 0 Å². The van der Waals surface area contributed by atoms with Crippen LogP contribution in [0.1, 0.15) is 60.8 Å². The van der Waals surface area contributed by atoms with Gasteiger partial charge in [0, 0.05) is 5.92 Å². The summed E-state index contributed by atoms with van der Waals surface area (Å²) in [4.78, 5) is 24.3.